The van der Waals surface area contributed by atoms with Crippen LogP contribution in [0.2, 0.25) is 0 Å². The van der Waals surface area contributed by atoms with Crippen molar-refractivity contribution in [3.63, 3.8) is 0 Å². The van der Waals surface area contributed by atoms with Gasteiger partial charge in [0.25, 0.3) is 0 Å². The molecule has 84 valence electrons. The van der Waals surface area contributed by atoms with Gasteiger partial charge in [-0.1, -0.05) is 65.7 Å². The molecular formula is C14H28. The van der Waals surface area contributed by atoms with Crippen LogP contribution in [0.4, 0.5) is 0 Å². The van der Waals surface area contributed by atoms with Gasteiger partial charge in [-0.25, -0.2) is 0 Å². The first kappa shape index (κ1) is 12.1. The number of rotatable bonds is 5. The average molecular weight is 196 g/mol. The highest BCUT2D eigenvalue weighted by atomic mass is 14.3. The highest BCUT2D eigenvalue weighted by molar-refractivity contribution is 4.76. The third-order valence-corrected chi connectivity index (χ3v) is 4.22. The summed E-state index contributed by atoms with van der Waals surface area (Å²) in [6.07, 6.45) is 11.7. The molecule has 0 aliphatic heterocycles. The van der Waals surface area contributed by atoms with Gasteiger partial charge in [0.2, 0.25) is 0 Å². The van der Waals surface area contributed by atoms with Crippen LogP contribution in [0.15, 0.2) is 0 Å². The van der Waals surface area contributed by atoms with Gasteiger partial charge in [0.1, 0.15) is 0 Å². The zero-order chi connectivity index (χ0) is 10.4. The van der Waals surface area contributed by atoms with Gasteiger partial charge in [0, 0.05) is 0 Å². The summed E-state index contributed by atoms with van der Waals surface area (Å²) in [7, 11) is 0. The Morgan fingerprint density at radius 1 is 1.21 bits per heavy atom. The second-order valence-corrected chi connectivity index (χ2v) is 5.32. The summed E-state index contributed by atoms with van der Waals surface area (Å²) in [5.74, 6) is 3.10. The molecule has 0 amide bonds. The van der Waals surface area contributed by atoms with Gasteiger partial charge in [-0.05, 0) is 24.2 Å². The molecule has 0 radical (unpaired) electrons. The molecule has 1 saturated carbocycles. The molecule has 0 saturated heterocycles. The Morgan fingerprint density at radius 2 is 2.00 bits per heavy atom. The standard InChI is InChI=1S/C14H28/c1-4-6-8-12(3)14-10-7-9-13(5-2)11-14/h12-14H,4-11H2,1-3H3. The highest BCUT2D eigenvalue weighted by Gasteiger charge is 2.24. The monoisotopic (exact) mass is 196 g/mol. The van der Waals surface area contributed by atoms with Crippen molar-refractivity contribution in [2.24, 2.45) is 17.8 Å². The molecule has 1 aliphatic rings. The lowest BCUT2D eigenvalue weighted by Crippen LogP contribution is -2.20. The van der Waals surface area contributed by atoms with Crippen LogP contribution in [-0.4, -0.2) is 0 Å². The van der Waals surface area contributed by atoms with Crippen LogP contribution in [0.5, 0.6) is 0 Å². The summed E-state index contributed by atoms with van der Waals surface area (Å²) in [5.41, 5.74) is 0. The van der Waals surface area contributed by atoms with Gasteiger partial charge in [-0.3, -0.25) is 0 Å². The van der Waals surface area contributed by atoms with Gasteiger partial charge in [-0.15, -0.1) is 0 Å². The lowest BCUT2D eigenvalue weighted by atomic mass is 9.73. The minimum absolute atomic E-state index is 0.990. The molecule has 0 aromatic heterocycles. The van der Waals surface area contributed by atoms with Gasteiger partial charge in [0.15, 0.2) is 0 Å². The Bertz CT molecular complexity index is 139. The molecule has 0 heteroatoms. The fourth-order valence-corrected chi connectivity index (χ4v) is 2.98. The van der Waals surface area contributed by atoms with E-state index in [4.69, 9.17) is 0 Å². The molecule has 0 heterocycles. The highest BCUT2D eigenvalue weighted by Crippen LogP contribution is 2.36. The van der Waals surface area contributed by atoms with E-state index in [0.29, 0.717) is 0 Å². The number of hydrogen-bond acceptors (Lipinski definition) is 0. The summed E-state index contributed by atoms with van der Waals surface area (Å²) in [4.78, 5) is 0. The van der Waals surface area contributed by atoms with Crippen LogP contribution in [0.1, 0.15) is 72.1 Å². The largest absolute Gasteiger partial charge is 0.0654 e. The first-order valence-corrected chi connectivity index (χ1v) is 6.77. The predicted molar refractivity (Wildman–Crippen MR) is 64.4 cm³/mol. The maximum atomic E-state index is 2.48. The van der Waals surface area contributed by atoms with Crippen LogP contribution in [0, 0.1) is 17.8 Å². The van der Waals surface area contributed by atoms with Crippen molar-refractivity contribution >= 4 is 0 Å². The van der Waals surface area contributed by atoms with Crippen molar-refractivity contribution in [1.29, 1.82) is 0 Å². The molecule has 0 aromatic carbocycles. The molecule has 3 atom stereocenters. The molecule has 0 N–H and O–H groups in total. The Balaban J connectivity index is 2.27. The van der Waals surface area contributed by atoms with E-state index in [1.165, 1.54) is 51.4 Å². The van der Waals surface area contributed by atoms with E-state index in [2.05, 4.69) is 20.8 Å². The Kier molecular flexibility index (Phi) is 5.59. The van der Waals surface area contributed by atoms with E-state index < -0.39 is 0 Å². The quantitative estimate of drug-likeness (QED) is 0.578. The molecular weight excluding hydrogens is 168 g/mol. The lowest BCUT2D eigenvalue weighted by Gasteiger charge is -2.32. The Hall–Kier alpha value is 0. The summed E-state index contributed by atoms with van der Waals surface area (Å²) in [5, 5.41) is 0. The predicted octanol–water partition coefficient (Wildman–Crippen LogP) is 5.03. The van der Waals surface area contributed by atoms with Crippen LogP contribution >= 0.6 is 0 Å². The lowest BCUT2D eigenvalue weighted by molar-refractivity contribution is 0.192. The SMILES string of the molecule is CCCCC(C)C1CCCC(CC)C1. The van der Waals surface area contributed by atoms with Crippen LogP contribution in [0.25, 0.3) is 0 Å². The van der Waals surface area contributed by atoms with E-state index in [0.717, 1.165) is 17.8 Å². The van der Waals surface area contributed by atoms with Gasteiger partial charge < -0.3 is 0 Å². The van der Waals surface area contributed by atoms with Crippen molar-refractivity contribution in [3.05, 3.63) is 0 Å². The maximum Gasteiger partial charge on any atom is -0.0386 e. The molecule has 3 unspecified atom stereocenters. The van der Waals surface area contributed by atoms with Crippen molar-refractivity contribution in [1.82, 2.24) is 0 Å². The molecule has 1 fully saturated rings. The molecule has 0 aromatic rings. The van der Waals surface area contributed by atoms with Crippen molar-refractivity contribution in [2.75, 3.05) is 0 Å². The van der Waals surface area contributed by atoms with Crippen LogP contribution in [0.3, 0.4) is 0 Å². The van der Waals surface area contributed by atoms with E-state index in [1.54, 1.807) is 0 Å². The van der Waals surface area contributed by atoms with E-state index in [1.807, 2.05) is 0 Å². The summed E-state index contributed by atoms with van der Waals surface area (Å²) < 4.78 is 0. The van der Waals surface area contributed by atoms with E-state index in [9.17, 15) is 0 Å². The molecule has 14 heavy (non-hydrogen) atoms. The third-order valence-electron chi connectivity index (χ3n) is 4.22. The fraction of sp³-hybridized carbons (Fsp3) is 1.00. The van der Waals surface area contributed by atoms with Crippen molar-refractivity contribution < 1.29 is 0 Å². The van der Waals surface area contributed by atoms with E-state index >= 15 is 0 Å². The van der Waals surface area contributed by atoms with Gasteiger partial charge >= 0.3 is 0 Å². The zero-order valence-electron chi connectivity index (χ0n) is 10.4. The van der Waals surface area contributed by atoms with Gasteiger partial charge in [0.05, 0.1) is 0 Å². The van der Waals surface area contributed by atoms with Crippen molar-refractivity contribution in [3.8, 4) is 0 Å². The Morgan fingerprint density at radius 3 is 2.64 bits per heavy atom. The second-order valence-electron chi connectivity index (χ2n) is 5.32. The normalized spacial score (nSPS) is 30.2. The number of unbranched alkanes of at least 4 members (excludes halogenated alkanes) is 1. The van der Waals surface area contributed by atoms with Crippen LogP contribution in [-0.2, 0) is 0 Å². The molecule has 0 bridgehead atoms. The molecule has 1 rings (SSSR count). The minimum Gasteiger partial charge on any atom is -0.0654 e. The topological polar surface area (TPSA) is 0 Å². The summed E-state index contributed by atoms with van der Waals surface area (Å²) in [6, 6.07) is 0. The average Bonchev–Trinajstić information content (AvgIpc) is 2.26. The molecule has 0 nitrogen and oxygen atoms in total. The van der Waals surface area contributed by atoms with E-state index in [-0.39, 0.29) is 0 Å². The van der Waals surface area contributed by atoms with Gasteiger partial charge in [-0.2, -0.15) is 0 Å². The zero-order valence-corrected chi connectivity index (χ0v) is 10.4. The first-order chi connectivity index (χ1) is 6.77. The second kappa shape index (κ2) is 6.48. The summed E-state index contributed by atoms with van der Waals surface area (Å²) in [6.45, 7) is 7.16. The van der Waals surface area contributed by atoms with Crippen LogP contribution < -0.4 is 0 Å². The first-order valence-electron chi connectivity index (χ1n) is 6.77. The maximum absolute atomic E-state index is 2.48. The third kappa shape index (κ3) is 3.63. The molecule has 1 aliphatic carbocycles. The number of hydrogen-bond donors (Lipinski definition) is 0. The van der Waals surface area contributed by atoms with Crippen molar-refractivity contribution in [2.45, 2.75) is 72.1 Å². The summed E-state index contributed by atoms with van der Waals surface area (Å²) >= 11 is 0. The fourth-order valence-electron chi connectivity index (χ4n) is 2.98. The minimum atomic E-state index is 0.990. The Labute approximate surface area is 90.5 Å². The smallest absolute Gasteiger partial charge is 0.0386 e. The molecule has 0 spiro atoms.